The standard InChI is InChI=1S/C11H23NO/c1-3-9(2)8-12-10-6-4-5-7-11(10)13/h9-13H,3-8H2,1-2H3/t9-,10+,11+/m0/s1. The van der Waals surface area contributed by atoms with Crippen molar-refractivity contribution in [2.75, 3.05) is 6.54 Å². The lowest BCUT2D eigenvalue weighted by Gasteiger charge is -2.29. The van der Waals surface area contributed by atoms with Crippen molar-refractivity contribution < 1.29 is 5.11 Å². The van der Waals surface area contributed by atoms with Gasteiger partial charge >= 0.3 is 0 Å². The van der Waals surface area contributed by atoms with Gasteiger partial charge in [-0.15, -0.1) is 0 Å². The molecule has 0 radical (unpaired) electrons. The van der Waals surface area contributed by atoms with Crippen molar-refractivity contribution in [1.82, 2.24) is 5.32 Å². The lowest BCUT2D eigenvalue weighted by Crippen LogP contribution is -2.43. The van der Waals surface area contributed by atoms with Crippen molar-refractivity contribution in [2.24, 2.45) is 5.92 Å². The molecule has 1 saturated carbocycles. The van der Waals surface area contributed by atoms with Gasteiger partial charge in [-0.05, 0) is 25.3 Å². The van der Waals surface area contributed by atoms with Crippen LogP contribution in [0.3, 0.4) is 0 Å². The first-order valence-corrected chi connectivity index (χ1v) is 5.65. The molecule has 2 N–H and O–H groups in total. The molecule has 3 atom stereocenters. The molecule has 0 unspecified atom stereocenters. The van der Waals surface area contributed by atoms with E-state index in [-0.39, 0.29) is 6.10 Å². The maximum Gasteiger partial charge on any atom is 0.0693 e. The first-order chi connectivity index (χ1) is 6.24. The molecule has 2 heteroatoms. The van der Waals surface area contributed by atoms with Gasteiger partial charge in [0.1, 0.15) is 0 Å². The summed E-state index contributed by atoms with van der Waals surface area (Å²) >= 11 is 0. The Morgan fingerprint density at radius 1 is 1.38 bits per heavy atom. The minimum atomic E-state index is -0.0993. The van der Waals surface area contributed by atoms with Gasteiger partial charge in [-0.2, -0.15) is 0 Å². The molecule has 1 aliphatic rings. The Bertz CT molecular complexity index is 138. The van der Waals surface area contributed by atoms with E-state index in [0.29, 0.717) is 6.04 Å². The molecule has 0 saturated heterocycles. The smallest absolute Gasteiger partial charge is 0.0693 e. The second-order valence-corrected chi connectivity index (χ2v) is 4.38. The van der Waals surface area contributed by atoms with E-state index in [2.05, 4.69) is 19.2 Å². The summed E-state index contributed by atoms with van der Waals surface area (Å²) in [5, 5.41) is 13.2. The average Bonchev–Trinajstić information content (AvgIpc) is 2.16. The van der Waals surface area contributed by atoms with Gasteiger partial charge in [0.15, 0.2) is 0 Å². The van der Waals surface area contributed by atoms with Gasteiger partial charge in [-0.25, -0.2) is 0 Å². The third-order valence-corrected chi connectivity index (χ3v) is 3.15. The first-order valence-electron chi connectivity index (χ1n) is 5.65. The zero-order valence-corrected chi connectivity index (χ0v) is 8.92. The van der Waals surface area contributed by atoms with Crippen LogP contribution in [-0.4, -0.2) is 23.8 Å². The minimum Gasteiger partial charge on any atom is -0.392 e. The number of aliphatic hydroxyl groups is 1. The summed E-state index contributed by atoms with van der Waals surface area (Å²) < 4.78 is 0. The molecule has 0 spiro atoms. The molecule has 1 fully saturated rings. The lowest BCUT2D eigenvalue weighted by molar-refractivity contribution is 0.0891. The van der Waals surface area contributed by atoms with Crippen LogP contribution in [0.25, 0.3) is 0 Å². The Labute approximate surface area is 81.7 Å². The molecule has 13 heavy (non-hydrogen) atoms. The largest absolute Gasteiger partial charge is 0.392 e. The molecule has 0 aromatic carbocycles. The van der Waals surface area contributed by atoms with Crippen molar-refractivity contribution in [3.05, 3.63) is 0 Å². The van der Waals surface area contributed by atoms with Gasteiger partial charge in [0.05, 0.1) is 6.10 Å². The fourth-order valence-electron chi connectivity index (χ4n) is 1.85. The Kier molecular flexibility index (Phi) is 4.74. The molecule has 0 bridgehead atoms. The molecule has 0 aromatic heterocycles. The first kappa shape index (κ1) is 11.0. The van der Waals surface area contributed by atoms with Crippen LogP contribution in [0.15, 0.2) is 0 Å². The van der Waals surface area contributed by atoms with Crippen molar-refractivity contribution in [3.8, 4) is 0 Å². The van der Waals surface area contributed by atoms with E-state index in [0.717, 1.165) is 25.3 Å². The summed E-state index contributed by atoms with van der Waals surface area (Å²) in [4.78, 5) is 0. The highest BCUT2D eigenvalue weighted by molar-refractivity contribution is 4.80. The third kappa shape index (κ3) is 3.65. The normalized spacial score (nSPS) is 31.6. The maximum atomic E-state index is 9.69. The predicted octanol–water partition coefficient (Wildman–Crippen LogP) is 1.93. The van der Waals surface area contributed by atoms with E-state index in [1.807, 2.05) is 0 Å². The van der Waals surface area contributed by atoms with Crippen LogP contribution < -0.4 is 5.32 Å². The van der Waals surface area contributed by atoms with Crippen LogP contribution in [0.5, 0.6) is 0 Å². The maximum absolute atomic E-state index is 9.69. The summed E-state index contributed by atoms with van der Waals surface area (Å²) in [6.07, 6.45) is 5.72. The van der Waals surface area contributed by atoms with Crippen LogP contribution in [0.2, 0.25) is 0 Å². The molecular weight excluding hydrogens is 162 g/mol. The van der Waals surface area contributed by atoms with Crippen LogP contribution in [-0.2, 0) is 0 Å². The van der Waals surface area contributed by atoms with Crippen molar-refractivity contribution in [1.29, 1.82) is 0 Å². The predicted molar refractivity (Wildman–Crippen MR) is 55.7 cm³/mol. The van der Waals surface area contributed by atoms with E-state index in [1.54, 1.807) is 0 Å². The van der Waals surface area contributed by atoms with E-state index < -0.39 is 0 Å². The monoisotopic (exact) mass is 185 g/mol. The molecular formula is C11H23NO. The molecule has 2 nitrogen and oxygen atoms in total. The summed E-state index contributed by atoms with van der Waals surface area (Å²) in [6.45, 7) is 5.52. The number of hydrogen-bond acceptors (Lipinski definition) is 2. The Balaban J connectivity index is 2.18. The number of hydrogen-bond donors (Lipinski definition) is 2. The molecule has 0 aliphatic heterocycles. The molecule has 0 amide bonds. The fourth-order valence-corrected chi connectivity index (χ4v) is 1.85. The molecule has 0 heterocycles. The second-order valence-electron chi connectivity index (χ2n) is 4.38. The van der Waals surface area contributed by atoms with E-state index in [1.165, 1.54) is 19.3 Å². The molecule has 78 valence electrons. The SMILES string of the molecule is CC[C@H](C)CN[C@@H]1CCCC[C@H]1O. The fraction of sp³-hybridized carbons (Fsp3) is 1.00. The number of aliphatic hydroxyl groups excluding tert-OH is 1. The Morgan fingerprint density at radius 2 is 2.08 bits per heavy atom. The number of nitrogens with one attached hydrogen (secondary N) is 1. The Hall–Kier alpha value is -0.0800. The van der Waals surface area contributed by atoms with E-state index in [4.69, 9.17) is 0 Å². The molecule has 1 aliphatic carbocycles. The highest BCUT2D eigenvalue weighted by Crippen LogP contribution is 2.18. The molecule has 0 aromatic rings. The Morgan fingerprint density at radius 3 is 2.69 bits per heavy atom. The van der Waals surface area contributed by atoms with E-state index >= 15 is 0 Å². The van der Waals surface area contributed by atoms with Crippen molar-refractivity contribution in [3.63, 3.8) is 0 Å². The van der Waals surface area contributed by atoms with Gasteiger partial charge in [0.2, 0.25) is 0 Å². The second kappa shape index (κ2) is 5.61. The third-order valence-electron chi connectivity index (χ3n) is 3.15. The van der Waals surface area contributed by atoms with Gasteiger partial charge in [-0.3, -0.25) is 0 Å². The zero-order chi connectivity index (χ0) is 9.68. The summed E-state index contributed by atoms with van der Waals surface area (Å²) in [7, 11) is 0. The average molecular weight is 185 g/mol. The number of rotatable bonds is 4. The summed E-state index contributed by atoms with van der Waals surface area (Å²) in [5.74, 6) is 0.731. The highest BCUT2D eigenvalue weighted by atomic mass is 16.3. The van der Waals surface area contributed by atoms with Gasteiger partial charge in [0.25, 0.3) is 0 Å². The van der Waals surface area contributed by atoms with Crippen LogP contribution in [0.4, 0.5) is 0 Å². The van der Waals surface area contributed by atoms with Crippen molar-refractivity contribution in [2.45, 2.75) is 58.1 Å². The lowest BCUT2D eigenvalue weighted by atomic mass is 9.92. The summed E-state index contributed by atoms with van der Waals surface area (Å²) in [6, 6.07) is 0.364. The quantitative estimate of drug-likeness (QED) is 0.701. The minimum absolute atomic E-state index is 0.0993. The van der Waals surface area contributed by atoms with Gasteiger partial charge < -0.3 is 10.4 Å². The van der Waals surface area contributed by atoms with Gasteiger partial charge in [0, 0.05) is 6.04 Å². The van der Waals surface area contributed by atoms with Gasteiger partial charge in [-0.1, -0.05) is 33.1 Å². The highest BCUT2D eigenvalue weighted by Gasteiger charge is 2.22. The summed E-state index contributed by atoms with van der Waals surface area (Å²) in [5.41, 5.74) is 0. The van der Waals surface area contributed by atoms with Crippen LogP contribution >= 0.6 is 0 Å². The van der Waals surface area contributed by atoms with Crippen molar-refractivity contribution >= 4 is 0 Å². The van der Waals surface area contributed by atoms with Crippen LogP contribution in [0.1, 0.15) is 46.0 Å². The molecule has 1 rings (SSSR count). The topological polar surface area (TPSA) is 32.3 Å². The van der Waals surface area contributed by atoms with E-state index in [9.17, 15) is 5.11 Å². The van der Waals surface area contributed by atoms with Crippen LogP contribution in [0, 0.1) is 5.92 Å². The zero-order valence-electron chi connectivity index (χ0n) is 8.92.